The van der Waals surface area contributed by atoms with Gasteiger partial charge in [0.05, 0.1) is 24.3 Å². The monoisotopic (exact) mass is 715 g/mol. The number of nitrogens with two attached hydrogens (primary N) is 2. The van der Waals surface area contributed by atoms with E-state index in [4.69, 9.17) is 21.2 Å². The molecule has 6 N–H and O–H groups in total. The van der Waals surface area contributed by atoms with Crippen molar-refractivity contribution in [2.45, 2.75) is 168 Å². The second-order valence-electron chi connectivity index (χ2n) is 13.1. The fourth-order valence-corrected chi connectivity index (χ4v) is 5.43. The summed E-state index contributed by atoms with van der Waals surface area (Å²) in [6.45, 7) is 5.14. The number of benzene rings is 1. The Morgan fingerprint density at radius 2 is 0.769 bits per heavy atom. The van der Waals surface area contributed by atoms with Gasteiger partial charge in [-0.25, -0.2) is 11.7 Å². The van der Waals surface area contributed by atoms with E-state index in [0.717, 1.165) is 38.5 Å². The number of nitrogens with one attached hydrogen (secondary N) is 2. The van der Waals surface area contributed by atoms with Crippen LogP contribution in [0.3, 0.4) is 0 Å². The summed E-state index contributed by atoms with van der Waals surface area (Å²) in [6.07, 6.45) is 26.9. The Balaban J connectivity index is 2.46. The van der Waals surface area contributed by atoms with Crippen LogP contribution in [-0.4, -0.2) is 25.0 Å². The van der Waals surface area contributed by atoms with Gasteiger partial charge in [-0.15, -0.1) is 0 Å². The predicted octanol–water partition coefficient (Wildman–Crippen LogP) is 9.07. The van der Waals surface area contributed by atoms with E-state index in [9.17, 15) is 9.59 Å². The van der Waals surface area contributed by atoms with E-state index in [1.165, 1.54) is 102 Å². The molecule has 1 rings (SSSR count). The highest BCUT2D eigenvalue weighted by molar-refractivity contribution is 6.02. The van der Waals surface area contributed by atoms with Gasteiger partial charge in [-0.2, -0.15) is 0 Å². The molecule has 1 aromatic rings. The highest BCUT2D eigenvalue weighted by atomic mass is 16.5. The van der Waals surface area contributed by atoms with E-state index in [1.54, 1.807) is 0 Å². The van der Waals surface area contributed by atoms with Crippen molar-refractivity contribution in [1.29, 1.82) is 0 Å². The molecule has 0 bridgehead atoms. The van der Waals surface area contributed by atoms with Gasteiger partial charge in [0, 0.05) is 25.7 Å². The second kappa shape index (κ2) is 34.0. The topological polar surface area (TPSA) is 129 Å². The lowest BCUT2D eigenvalue weighted by Crippen LogP contribution is -2.32. The normalized spacial score (nSPS) is 9.92. The molecule has 2 amide bonds. The molecular weight excluding hydrogens is 649 g/mol. The van der Waals surface area contributed by atoms with Gasteiger partial charge < -0.3 is 9.47 Å². The Morgan fingerprint density at radius 1 is 0.481 bits per heavy atom. The third-order valence-electron chi connectivity index (χ3n) is 8.53. The molecule has 8 heteroatoms. The lowest BCUT2D eigenvalue weighted by Gasteiger charge is -2.16. The van der Waals surface area contributed by atoms with Gasteiger partial charge in [-0.3, -0.25) is 20.4 Å². The van der Waals surface area contributed by atoms with Crippen LogP contribution in [0.5, 0.6) is 11.5 Å². The number of rotatable bonds is 28. The Morgan fingerprint density at radius 3 is 1.08 bits per heavy atom. The Bertz CT molecular complexity index is 1270. The van der Waals surface area contributed by atoms with Gasteiger partial charge in [-0.1, -0.05) is 127 Å². The quantitative estimate of drug-likeness (QED) is 0.0225. The van der Waals surface area contributed by atoms with Crippen LogP contribution in [0, 0.1) is 47.4 Å². The van der Waals surface area contributed by atoms with Crippen LogP contribution in [0.4, 0.5) is 0 Å². The smallest absolute Gasteiger partial charge is 0.269 e. The second-order valence-corrected chi connectivity index (χ2v) is 13.1. The van der Waals surface area contributed by atoms with E-state index in [0.29, 0.717) is 38.9 Å². The first-order valence-electron chi connectivity index (χ1n) is 20.0. The molecule has 0 aliphatic carbocycles. The first-order valence-corrected chi connectivity index (χ1v) is 20.0. The fraction of sp³-hybridized carbons (Fsp3) is 0.636. The molecule has 0 spiro atoms. The van der Waals surface area contributed by atoms with Crippen LogP contribution in [0.1, 0.15) is 189 Å². The number of amides is 2. The number of hydrogen-bond acceptors (Lipinski definition) is 6. The molecule has 0 aliphatic rings. The van der Waals surface area contributed by atoms with Gasteiger partial charge in [0.25, 0.3) is 11.8 Å². The number of carbonyl (C=O) groups excluding carboxylic acids is 2. The van der Waals surface area contributed by atoms with Crippen molar-refractivity contribution < 1.29 is 19.1 Å². The zero-order chi connectivity index (χ0) is 37.7. The maximum atomic E-state index is 12.6. The van der Waals surface area contributed by atoms with E-state index in [-0.39, 0.29) is 22.6 Å². The molecule has 0 unspecified atom stereocenters. The molecule has 0 heterocycles. The zero-order valence-electron chi connectivity index (χ0n) is 32.3. The van der Waals surface area contributed by atoms with Gasteiger partial charge in [0.15, 0.2) is 0 Å². The third-order valence-corrected chi connectivity index (χ3v) is 8.53. The number of nitrogen functional groups attached to an aromatic ring is 2. The minimum absolute atomic E-state index is 0.161. The van der Waals surface area contributed by atoms with E-state index >= 15 is 0 Å². The molecule has 0 aromatic heterocycles. The number of unbranched alkanes of at least 4 members (excludes halogenated alkanes) is 20. The molecule has 52 heavy (non-hydrogen) atoms. The maximum absolute atomic E-state index is 12.6. The Kier molecular flexibility index (Phi) is 30.1. The fourth-order valence-electron chi connectivity index (χ4n) is 5.43. The molecule has 1 aromatic carbocycles. The van der Waals surface area contributed by atoms with Crippen LogP contribution >= 0.6 is 0 Å². The van der Waals surface area contributed by atoms with Crippen LogP contribution < -0.4 is 32.0 Å². The summed E-state index contributed by atoms with van der Waals surface area (Å²) in [4.78, 5) is 25.2. The number of hydrazine groups is 2. The highest BCUT2D eigenvalue weighted by Crippen LogP contribution is 2.30. The number of hydrogen-bond donors (Lipinski definition) is 4. The maximum Gasteiger partial charge on any atom is 0.269 e. The van der Waals surface area contributed by atoms with Crippen molar-refractivity contribution in [2.75, 3.05) is 13.2 Å². The molecule has 0 radical (unpaired) electrons. The molecule has 0 aliphatic heterocycles. The number of ether oxygens (including phenoxy) is 2. The van der Waals surface area contributed by atoms with E-state index in [1.807, 2.05) is 0 Å². The van der Waals surface area contributed by atoms with Gasteiger partial charge >= 0.3 is 0 Å². The molecular formula is C44H66N4O4. The minimum atomic E-state index is -0.560. The summed E-state index contributed by atoms with van der Waals surface area (Å²) in [5, 5.41) is 0. The highest BCUT2D eigenvalue weighted by Gasteiger charge is 2.21. The van der Waals surface area contributed by atoms with Crippen LogP contribution in [0.25, 0.3) is 0 Å². The molecule has 8 nitrogen and oxygen atoms in total. The van der Waals surface area contributed by atoms with Crippen molar-refractivity contribution >= 4 is 11.8 Å². The Labute approximate surface area is 316 Å². The summed E-state index contributed by atoms with van der Waals surface area (Å²) in [6, 6.07) is 2.92. The standard InChI is InChI=1S/C44H66N4O4/c1-3-5-7-9-11-13-15-17-19-21-23-25-27-29-31-33-35-51-41-37-40(44(50)48-46)42(38-39(41)43(49)47-45)52-36-34-32-30-28-26-24-22-20-18-16-14-12-10-8-6-4-2/h37-38H,3-20,29-36,45-46H2,1-2H3,(H,47,49)(H,48,50). The molecule has 286 valence electrons. The summed E-state index contributed by atoms with van der Waals surface area (Å²) >= 11 is 0. The van der Waals surface area contributed by atoms with Gasteiger partial charge in [0.2, 0.25) is 0 Å². The first kappa shape index (κ1) is 45.9. The summed E-state index contributed by atoms with van der Waals surface area (Å²) < 4.78 is 11.8. The van der Waals surface area contributed by atoms with Crippen LogP contribution in [0.2, 0.25) is 0 Å². The average Bonchev–Trinajstić information content (AvgIpc) is 3.16. The SMILES string of the molecule is CCCCCCCCCCC#CC#CCCCCOc1cc(C(=O)NN)c(OCCCCC#CC#CCCCCCCCCCC)cc1C(=O)NN. The molecule has 0 atom stereocenters. The van der Waals surface area contributed by atoms with E-state index in [2.05, 4.69) is 72.1 Å². The van der Waals surface area contributed by atoms with Gasteiger partial charge in [0.1, 0.15) is 11.5 Å². The average molecular weight is 715 g/mol. The van der Waals surface area contributed by atoms with Crippen molar-refractivity contribution in [2.24, 2.45) is 11.7 Å². The summed E-state index contributed by atoms with van der Waals surface area (Å²) in [7, 11) is 0. The first-order chi connectivity index (χ1) is 25.6. The molecule has 0 fully saturated rings. The van der Waals surface area contributed by atoms with Crippen molar-refractivity contribution in [3.05, 3.63) is 23.3 Å². The Hall–Kier alpha value is -4.08. The lowest BCUT2D eigenvalue weighted by molar-refractivity contribution is 0.0934. The molecule has 0 saturated heterocycles. The largest absolute Gasteiger partial charge is 0.493 e. The third kappa shape index (κ3) is 24.2. The summed E-state index contributed by atoms with van der Waals surface area (Å²) in [5.74, 6) is 34.4. The van der Waals surface area contributed by atoms with Crippen molar-refractivity contribution in [3.8, 4) is 58.9 Å². The number of carbonyl (C=O) groups is 2. The van der Waals surface area contributed by atoms with E-state index < -0.39 is 11.8 Å². The zero-order valence-corrected chi connectivity index (χ0v) is 32.3. The lowest BCUT2D eigenvalue weighted by atomic mass is 10.1. The van der Waals surface area contributed by atoms with Crippen LogP contribution in [0.15, 0.2) is 12.1 Å². The van der Waals surface area contributed by atoms with Gasteiger partial charge in [-0.05, 0) is 74.3 Å². The minimum Gasteiger partial charge on any atom is -0.493 e. The molecule has 0 saturated carbocycles. The predicted molar refractivity (Wildman–Crippen MR) is 214 cm³/mol. The van der Waals surface area contributed by atoms with Crippen molar-refractivity contribution in [3.63, 3.8) is 0 Å². The summed E-state index contributed by atoms with van der Waals surface area (Å²) in [5.41, 5.74) is 4.60. The van der Waals surface area contributed by atoms with Crippen molar-refractivity contribution in [1.82, 2.24) is 10.9 Å². The van der Waals surface area contributed by atoms with Crippen LogP contribution in [-0.2, 0) is 0 Å².